The van der Waals surface area contributed by atoms with Gasteiger partial charge in [0.15, 0.2) is 0 Å². The van der Waals surface area contributed by atoms with Gasteiger partial charge in [0, 0.05) is 25.3 Å². The van der Waals surface area contributed by atoms with Gasteiger partial charge in [-0.05, 0) is 43.9 Å². The van der Waals surface area contributed by atoms with Crippen LogP contribution in [0.25, 0.3) is 0 Å². The van der Waals surface area contributed by atoms with Gasteiger partial charge in [-0.2, -0.15) is 0 Å². The molecule has 1 aromatic rings. The third-order valence-corrected chi connectivity index (χ3v) is 3.84. The van der Waals surface area contributed by atoms with Gasteiger partial charge in [0.1, 0.15) is 5.82 Å². The Bertz CT molecular complexity index is 432. The highest BCUT2D eigenvalue weighted by Crippen LogP contribution is 2.31. The van der Waals surface area contributed by atoms with Crippen LogP contribution in [0.15, 0.2) is 24.4 Å². The van der Waals surface area contributed by atoms with Gasteiger partial charge >= 0.3 is 6.03 Å². The maximum absolute atomic E-state index is 11.7. The predicted molar refractivity (Wildman–Crippen MR) is 74.0 cm³/mol. The Morgan fingerprint density at radius 3 is 3.00 bits per heavy atom. The molecule has 2 fully saturated rings. The van der Waals surface area contributed by atoms with E-state index in [9.17, 15) is 4.79 Å². The van der Waals surface area contributed by atoms with Crippen LogP contribution in [-0.2, 0) is 0 Å². The monoisotopic (exact) mass is 260 g/mol. The molecule has 1 unspecified atom stereocenters. The topological polar surface area (TPSA) is 57.3 Å². The van der Waals surface area contributed by atoms with E-state index in [4.69, 9.17) is 0 Å². The third-order valence-electron chi connectivity index (χ3n) is 3.84. The summed E-state index contributed by atoms with van der Waals surface area (Å²) in [4.78, 5) is 18.3. The summed E-state index contributed by atoms with van der Waals surface area (Å²) in [6.07, 6.45) is 5.58. The van der Waals surface area contributed by atoms with Gasteiger partial charge in [-0.15, -0.1) is 0 Å². The molecule has 5 heteroatoms. The minimum absolute atomic E-state index is 0.163. The second-order valence-electron chi connectivity index (χ2n) is 5.43. The molecule has 19 heavy (non-hydrogen) atoms. The highest BCUT2D eigenvalue weighted by molar-refractivity contribution is 5.88. The van der Waals surface area contributed by atoms with Crippen molar-refractivity contribution in [1.29, 1.82) is 0 Å². The minimum atomic E-state index is -0.163. The number of anilines is 1. The smallest absolute Gasteiger partial charge is 0.320 e. The standard InChI is InChI=1S/C14H20N4O/c19-14(17-13-3-1-2-7-15-13)16-9-11-6-8-18(10-11)12-4-5-12/h1-3,7,11-12H,4-6,8-10H2,(H2,15,16,17,19). The van der Waals surface area contributed by atoms with E-state index in [-0.39, 0.29) is 6.03 Å². The maximum atomic E-state index is 11.7. The van der Waals surface area contributed by atoms with E-state index < -0.39 is 0 Å². The SMILES string of the molecule is O=C(NCC1CCN(C2CC2)C1)Nc1ccccn1. The van der Waals surface area contributed by atoms with E-state index in [0.717, 1.165) is 19.1 Å². The number of likely N-dealkylation sites (tertiary alicyclic amines) is 1. The average Bonchev–Trinajstić information content (AvgIpc) is 3.17. The van der Waals surface area contributed by atoms with E-state index in [1.165, 1.54) is 25.8 Å². The van der Waals surface area contributed by atoms with E-state index in [1.54, 1.807) is 12.3 Å². The second kappa shape index (κ2) is 5.57. The van der Waals surface area contributed by atoms with Gasteiger partial charge in [0.05, 0.1) is 0 Å². The molecule has 2 heterocycles. The van der Waals surface area contributed by atoms with Crippen LogP contribution in [0.5, 0.6) is 0 Å². The fourth-order valence-corrected chi connectivity index (χ4v) is 2.63. The van der Waals surface area contributed by atoms with Crippen molar-refractivity contribution in [2.24, 2.45) is 5.92 Å². The molecule has 2 N–H and O–H groups in total. The zero-order valence-electron chi connectivity index (χ0n) is 11.0. The van der Waals surface area contributed by atoms with E-state index >= 15 is 0 Å². The Balaban J connectivity index is 1.39. The molecule has 2 amide bonds. The van der Waals surface area contributed by atoms with Crippen LogP contribution in [0.4, 0.5) is 10.6 Å². The number of nitrogens with one attached hydrogen (secondary N) is 2. The van der Waals surface area contributed by atoms with Crippen molar-refractivity contribution in [2.45, 2.75) is 25.3 Å². The lowest BCUT2D eigenvalue weighted by Gasteiger charge is -2.15. The van der Waals surface area contributed by atoms with Gasteiger partial charge in [0.2, 0.25) is 0 Å². The van der Waals surface area contributed by atoms with Crippen LogP contribution in [0.2, 0.25) is 0 Å². The lowest BCUT2D eigenvalue weighted by atomic mass is 10.1. The molecular weight excluding hydrogens is 240 g/mol. The van der Waals surface area contributed by atoms with Crippen LogP contribution in [0.1, 0.15) is 19.3 Å². The van der Waals surface area contributed by atoms with E-state index in [1.807, 2.05) is 12.1 Å². The number of aromatic nitrogens is 1. The van der Waals surface area contributed by atoms with Crippen molar-refractivity contribution in [2.75, 3.05) is 25.0 Å². The van der Waals surface area contributed by atoms with Crippen molar-refractivity contribution < 1.29 is 4.79 Å². The predicted octanol–water partition coefficient (Wildman–Crippen LogP) is 1.69. The van der Waals surface area contributed by atoms with Crippen molar-refractivity contribution in [3.63, 3.8) is 0 Å². The van der Waals surface area contributed by atoms with Crippen LogP contribution in [-0.4, -0.2) is 41.6 Å². The molecule has 1 aliphatic heterocycles. The molecule has 1 aliphatic carbocycles. The molecular formula is C14H20N4O. The summed E-state index contributed by atoms with van der Waals surface area (Å²) >= 11 is 0. The zero-order chi connectivity index (χ0) is 13.1. The number of hydrogen-bond acceptors (Lipinski definition) is 3. The molecule has 0 bridgehead atoms. The Labute approximate surface area is 113 Å². The van der Waals surface area contributed by atoms with Crippen molar-refractivity contribution in [3.8, 4) is 0 Å². The number of hydrogen-bond donors (Lipinski definition) is 2. The summed E-state index contributed by atoms with van der Waals surface area (Å²) in [6.45, 7) is 3.08. The first-order valence-corrected chi connectivity index (χ1v) is 7.01. The summed E-state index contributed by atoms with van der Waals surface area (Å²) in [5.41, 5.74) is 0. The van der Waals surface area contributed by atoms with Gasteiger partial charge < -0.3 is 10.2 Å². The van der Waals surface area contributed by atoms with Crippen LogP contribution < -0.4 is 10.6 Å². The molecule has 2 aliphatic rings. The minimum Gasteiger partial charge on any atom is -0.338 e. The molecule has 1 atom stereocenters. The quantitative estimate of drug-likeness (QED) is 0.866. The normalized spacial score (nSPS) is 23.3. The molecule has 0 aromatic carbocycles. The van der Waals surface area contributed by atoms with Crippen LogP contribution in [0.3, 0.4) is 0 Å². The Hall–Kier alpha value is -1.62. The van der Waals surface area contributed by atoms with Gasteiger partial charge in [-0.1, -0.05) is 6.07 Å². The Morgan fingerprint density at radius 2 is 2.26 bits per heavy atom. The molecule has 102 valence electrons. The molecule has 0 radical (unpaired) electrons. The fourth-order valence-electron chi connectivity index (χ4n) is 2.63. The largest absolute Gasteiger partial charge is 0.338 e. The van der Waals surface area contributed by atoms with E-state index in [2.05, 4.69) is 20.5 Å². The van der Waals surface area contributed by atoms with Gasteiger partial charge in [-0.3, -0.25) is 5.32 Å². The average molecular weight is 260 g/mol. The third kappa shape index (κ3) is 3.44. The summed E-state index contributed by atoms with van der Waals surface area (Å²) in [5.74, 6) is 1.18. The fraction of sp³-hybridized carbons (Fsp3) is 0.571. The first-order chi connectivity index (χ1) is 9.31. The number of amides is 2. The first-order valence-electron chi connectivity index (χ1n) is 7.01. The van der Waals surface area contributed by atoms with Crippen LogP contribution in [0, 0.1) is 5.92 Å². The second-order valence-corrected chi connectivity index (χ2v) is 5.43. The van der Waals surface area contributed by atoms with Gasteiger partial charge in [0.25, 0.3) is 0 Å². The summed E-state index contributed by atoms with van der Waals surface area (Å²) < 4.78 is 0. The molecule has 3 rings (SSSR count). The number of nitrogens with zero attached hydrogens (tertiary/aromatic N) is 2. The number of carbonyl (C=O) groups is 1. The Kier molecular flexibility index (Phi) is 3.64. The van der Waals surface area contributed by atoms with Crippen molar-refractivity contribution in [3.05, 3.63) is 24.4 Å². The lowest BCUT2D eigenvalue weighted by molar-refractivity contribution is 0.249. The maximum Gasteiger partial charge on any atom is 0.320 e. The van der Waals surface area contributed by atoms with Crippen molar-refractivity contribution in [1.82, 2.24) is 15.2 Å². The highest BCUT2D eigenvalue weighted by atomic mass is 16.2. The summed E-state index contributed by atoms with van der Waals surface area (Å²) in [5, 5.41) is 5.67. The molecule has 0 spiro atoms. The lowest BCUT2D eigenvalue weighted by Crippen LogP contribution is -2.34. The number of carbonyl (C=O) groups excluding carboxylic acids is 1. The summed E-state index contributed by atoms with van der Waals surface area (Å²) in [7, 11) is 0. The van der Waals surface area contributed by atoms with Crippen LogP contribution >= 0.6 is 0 Å². The number of urea groups is 1. The summed E-state index contributed by atoms with van der Waals surface area (Å²) in [6, 6.07) is 6.14. The highest BCUT2D eigenvalue weighted by Gasteiger charge is 2.34. The van der Waals surface area contributed by atoms with Crippen molar-refractivity contribution >= 4 is 11.8 Å². The molecule has 1 saturated carbocycles. The number of rotatable bonds is 4. The first kappa shape index (κ1) is 12.4. The molecule has 1 aromatic heterocycles. The Morgan fingerprint density at radius 1 is 1.37 bits per heavy atom. The molecule has 5 nitrogen and oxygen atoms in total. The van der Waals surface area contributed by atoms with E-state index in [0.29, 0.717) is 11.7 Å². The number of pyridine rings is 1. The van der Waals surface area contributed by atoms with Gasteiger partial charge in [-0.25, -0.2) is 9.78 Å². The zero-order valence-corrected chi connectivity index (χ0v) is 11.0. The molecule has 1 saturated heterocycles.